The average Bonchev–Trinajstić information content (AvgIpc) is 2.40. The fourth-order valence-electron chi connectivity index (χ4n) is 1.03. The van der Waals surface area contributed by atoms with Gasteiger partial charge in [0.05, 0.1) is 6.61 Å². The summed E-state index contributed by atoms with van der Waals surface area (Å²) < 4.78 is 22.8. The molecule has 0 aliphatic rings. The molecule has 0 aromatic carbocycles. The van der Waals surface area contributed by atoms with Gasteiger partial charge in [-0.2, -0.15) is 11.8 Å². The lowest BCUT2D eigenvalue weighted by molar-refractivity contribution is 0.196. The van der Waals surface area contributed by atoms with Crippen LogP contribution < -0.4 is 14.2 Å². The van der Waals surface area contributed by atoms with Gasteiger partial charge in [0.15, 0.2) is 17.0 Å². The first-order chi connectivity index (χ1) is 9.19. The second-order valence-corrected chi connectivity index (χ2v) is 5.98. The van der Waals surface area contributed by atoms with Gasteiger partial charge in [-0.1, -0.05) is 0 Å². The van der Waals surface area contributed by atoms with E-state index in [4.69, 9.17) is 9.84 Å². The highest BCUT2D eigenvalue weighted by atomic mass is 79.9. The Balaban J connectivity index is 2.60. The molecule has 3 N–H and O–H groups in total. The summed E-state index contributed by atoms with van der Waals surface area (Å²) in [6, 6.07) is 0. The second-order valence-electron chi connectivity index (χ2n) is 3.17. The number of aliphatic hydroxyl groups excluding tert-OH is 1. The molecule has 0 spiro atoms. The van der Waals surface area contributed by atoms with Crippen molar-refractivity contribution in [1.29, 1.82) is 0 Å². The number of halogens is 1. The number of hydrogen-bond donors (Lipinski definition) is 3. The Bertz CT molecular complexity index is 424. The molecule has 1 atom stereocenters. The van der Waals surface area contributed by atoms with E-state index in [0.717, 1.165) is 5.75 Å². The molecule has 0 fully saturated rings. The molecule has 0 saturated carbocycles. The maximum atomic E-state index is 11.7. The third-order valence-electron chi connectivity index (χ3n) is 1.82. The van der Waals surface area contributed by atoms with Gasteiger partial charge in [0.2, 0.25) is 5.88 Å². The largest absolute Gasteiger partial charge is 0.474 e. The number of aliphatic hydroxyl groups is 1. The maximum Gasteiger partial charge on any atom is 0.233 e. The predicted octanol–water partition coefficient (Wildman–Crippen LogP) is 0.553. The molecule has 1 heterocycles. The zero-order valence-corrected chi connectivity index (χ0v) is 13.5. The number of aromatic nitrogens is 2. The van der Waals surface area contributed by atoms with Crippen LogP contribution in [0.15, 0.2) is 10.8 Å². The van der Waals surface area contributed by atoms with E-state index in [2.05, 4.69) is 35.3 Å². The highest BCUT2D eigenvalue weighted by molar-refractivity contribution is 9.10. The molecule has 108 valence electrons. The van der Waals surface area contributed by atoms with Crippen molar-refractivity contribution in [3.8, 4) is 5.88 Å². The molecule has 0 aliphatic heterocycles. The lowest BCUT2D eigenvalue weighted by Crippen LogP contribution is -2.26. The molecule has 7 nitrogen and oxygen atoms in total. The SMILES string of the molecule is CSCCNS(=O)Nc1ncnc(OCCO)c1Br. The van der Waals surface area contributed by atoms with Crippen molar-refractivity contribution in [2.24, 2.45) is 0 Å². The lowest BCUT2D eigenvalue weighted by Gasteiger charge is -2.10. The van der Waals surface area contributed by atoms with E-state index < -0.39 is 11.2 Å². The summed E-state index contributed by atoms with van der Waals surface area (Å²) in [5, 5.41) is 8.69. The minimum Gasteiger partial charge on any atom is -0.474 e. The topological polar surface area (TPSA) is 96.4 Å². The van der Waals surface area contributed by atoms with Crippen LogP contribution in [0.1, 0.15) is 0 Å². The number of thioether (sulfide) groups is 1. The van der Waals surface area contributed by atoms with Gasteiger partial charge in [0.1, 0.15) is 17.4 Å². The number of anilines is 1. The van der Waals surface area contributed by atoms with Gasteiger partial charge < -0.3 is 9.84 Å². The fraction of sp³-hybridized carbons (Fsp3) is 0.556. The Morgan fingerprint density at radius 2 is 2.37 bits per heavy atom. The summed E-state index contributed by atoms with van der Waals surface area (Å²) in [5.74, 6) is 1.51. The van der Waals surface area contributed by atoms with Crippen LogP contribution in [0.4, 0.5) is 5.82 Å². The van der Waals surface area contributed by atoms with Gasteiger partial charge in [-0.15, -0.1) is 0 Å². The Morgan fingerprint density at radius 3 is 3.05 bits per heavy atom. The van der Waals surface area contributed by atoms with Crippen LogP contribution in [0, 0.1) is 0 Å². The summed E-state index contributed by atoms with van der Waals surface area (Å²) in [6.45, 7) is 0.642. The van der Waals surface area contributed by atoms with E-state index in [1.165, 1.54) is 6.33 Å². The fourth-order valence-corrected chi connectivity index (χ4v) is 2.70. The molecule has 0 aliphatic carbocycles. The van der Waals surface area contributed by atoms with Crippen LogP contribution in [0.5, 0.6) is 5.88 Å². The summed E-state index contributed by atoms with van der Waals surface area (Å²) >= 11 is 3.49. The smallest absolute Gasteiger partial charge is 0.233 e. The quantitative estimate of drug-likeness (QED) is 0.549. The highest BCUT2D eigenvalue weighted by Crippen LogP contribution is 2.28. The van der Waals surface area contributed by atoms with Gasteiger partial charge in [-0.05, 0) is 22.2 Å². The molecule has 1 aromatic heterocycles. The number of nitrogens with one attached hydrogen (secondary N) is 2. The average molecular weight is 371 g/mol. The monoisotopic (exact) mass is 370 g/mol. The maximum absolute atomic E-state index is 11.7. The van der Waals surface area contributed by atoms with Gasteiger partial charge >= 0.3 is 0 Å². The minimum atomic E-state index is -1.44. The minimum absolute atomic E-state index is 0.110. The molecule has 0 radical (unpaired) electrons. The summed E-state index contributed by atoms with van der Waals surface area (Å²) in [7, 11) is 0. The summed E-state index contributed by atoms with van der Waals surface area (Å²) in [5.41, 5.74) is 0. The molecule has 1 rings (SSSR count). The molecule has 0 saturated heterocycles. The molecule has 0 bridgehead atoms. The van der Waals surface area contributed by atoms with Gasteiger partial charge in [0, 0.05) is 12.3 Å². The van der Waals surface area contributed by atoms with Crippen LogP contribution >= 0.6 is 27.7 Å². The molecule has 0 amide bonds. The van der Waals surface area contributed by atoms with E-state index in [9.17, 15) is 4.21 Å². The number of hydrogen-bond acceptors (Lipinski definition) is 6. The van der Waals surface area contributed by atoms with E-state index >= 15 is 0 Å². The first kappa shape index (κ1) is 16.6. The number of rotatable bonds is 9. The van der Waals surface area contributed by atoms with Crippen molar-refractivity contribution in [1.82, 2.24) is 14.7 Å². The van der Waals surface area contributed by atoms with Crippen molar-refractivity contribution >= 4 is 44.7 Å². The first-order valence-corrected chi connectivity index (χ1v) is 8.67. The standard InChI is InChI=1S/C9H15BrN4O3S2/c1-18-5-2-13-19(16)14-8-7(10)9(12-6-11-8)17-4-3-15/h6,13,15H,2-5H2,1H3,(H,11,12,14). The van der Waals surface area contributed by atoms with E-state index in [0.29, 0.717) is 16.8 Å². The molecule has 1 unspecified atom stereocenters. The molecule has 10 heteroatoms. The van der Waals surface area contributed by atoms with Crippen molar-refractivity contribution in [2.45, 2.75) is 0 Å². The van der Waals surface area contributed by atoms with E-state index in [1.807, 2.05) is 6.26 Å². The van der Waals surface area contributed by atoms with Crippen LogP contribution in [0.25, 0.3) is 0 Å². The second kappa shape index (κ2) is 9.48. The first-order valence-electron chi connectivity index (χ1n) is 5.34. The van der Waals surface area contributed by atoms with E-state index in [1.54, 1.807) is 11.8 Å². The zero-order valence-electron chi connectivity index (χ0n) is 10.3. The lowest BCUT2D eigenvalue weighted by atomic mass is 10.6. The highest BCUT2D eigenvalue weighted by Gasteiger charge is 2.11. The van der Waals surface area contributed by atoms with Crippen molar-refractivity contribution in [3.63, 3.8) is 0 Å². The van der Waals surface area contributed by atoms with Crippen LogP contribution in [-0.2, 0) is 11.2 Å². The molecule has 1 aromatic rings. The normalized spacial score (nSPS) is 12.2. The van der Waals surface area contributed by atoms with Crippen molar-refractivity contribution in [2.75, 3.05) is 36.5 Å². The Morgan fingerprint density at radius 1 is 1.58 bits per heavy atom. The molecule has 19 heavy (non-hydrogen) atoms. The predicted molar refractivity (Wildman–Crippen MR) is 80.5 cm³/mol. The van der Waals surface area contributed by atoms with Crippen LogP contribution in [0.2, 0.25) is 0 Å². The zero-order chi connectivity index (χ0) is 14.1. The van der Waals surface area contributed by atoms with Gasteiger partial charge in [0.25, 0.3) is 0 Å². The van der Waals surface area contributed by atoms with Gasteiger partial charge in [-0.3, -0.25) is 4.72 Å². The van der Waals surface area contributed by atoms with Gasteiger partial charge in [-0.25, -0.2) is 18.9 Å². The van der Waals surface area contributed by atoms with Crippen LogP contribution in [-0.4, -0.2) is 51.1 Å². The number of ether oxygens (including phenoxy) is 1. The summed E-state index contributed by atoms with van der Waals surface area (Å²) in [4.78, 5) is 7.87. The third kappa shape index (κ3) is 6.04. The molecular weight excluding hydrogens is 356 g/mol. The van der Waals surface area contributed by atoms with Crippen molar-refractivity contribution < 1.29 is 14.1 Å². The molecular formula is C9H15BrN4O3S2. The van der Waals surface area contributed by atoms with Crippen LogP contribution in [0.3, 0.4) is 0 Å². The van der Waals surface area contributed by atoms with Crippen molar-refractivity contribution in [3.05, 3.63) is 10.8 Å². The van der Waals surface area contributed by atoms with E-state index in [-0.39, 0.29) is 19.1 Å². The Kier molecular flexibility index (Phi) is 8.30. The number of nitrogens with zero attached hydrogens (tertiary/aromatic N) is 2. The summed E-state index contributed by atoms with van der Waals surface area (Å²) in [6.07, 6.45) is 3.27. The third-order valence-corrected chi connectivity index (χ3v) is 3.99. The Hall–Kier alpha value is -0.420. The Labute approximate surface area is 126 Å².